The van der Waals surface area contributed by atoms with Crippen LogP contribution < -0.4 is 0 Å². The molecule has 0 radical (unpaired) electrons. The zero-order valence-corrected chi connectivity index (χ0v) is 13.8. The van der Waals surface area contributed by atoms with Gasteiger partial charge in [0, 0.05) is 18.8 Å². The fraction of sp³-hybridized carbons (Fsp3) is 0.688. The first-order valence-electron chi connectivity index (χ1n) is 7.55. The fourth-order valence-corrected chi connectivity index (χ4v) is 2.34. The summed E-state index contributed by atoms with van der Waals surface area (Å²) >= 11 is 0. The molecule has 0 unspecified atom stereocenters. The molecule has 0 spiro atoms. The third-order valence-corrected chi connectivity index (χ3v) is 3.55. The predicted molar refractivity (Wildman–Crippen MR) is 82.7 cm³/mol. The Balaban J connectivity index is 2.82. The second kappa shape index (κ2) is 7.82. The van der Waals surface area contributed by atoms with Gasteiger partial charge in [0.15, 0.2) is 0 Å². The minimum Gasteiger partial charge on any atom is -0.340 e. The van der Waals surface area contributed by atoms with Crippen molar-refractivity contribution < 1.29 is 4.79 Å². The van der Waals surface area contributed by atoms with Crippen LogP contribution in [0, 0.1) is 31.1 Å². The Morgan fingerprint density at radius 2 is 2.05 bits per heavy atom. The van der Waals surface area contributed by atoms with E-state index in [2.05, 4.69) is 25.0 Å². The monoisotopic (exact) mass is 290 g/mol. The normalized spacial score (nSPS) is 12.2. The summed E-state index contributed by atoms with van der Waals surface area (Å²) in [6.45, 7) is 11.2. The van der Waals surface area contributed by atoms with E-state index in [0.29, 0.717) is 25.4 Å². The molecule has 5 heteroatoms. The van der Waals surface area contributed by atoms with Crippen LogP contribution in [0.5, 0.6) is 0 Å². The average Bonchev–Trinajstić information content (AvgIpc) is 2.76. The molecule has 0 fully saturated rings. The van der Waals surface area contributed by atoms with E-state index >= 15 is 0 Å². The molecule has 1 atom stereocenters. The lowest BCUT2D eigenvalue weighted by Crippen LogP contribution is -2.38. The van der Waals surface area contributed by atoms with Crippen LogP contribution in [0.2, 0.25) is 0 Å². The summed E-state index contributed by atoms with van der Waals surface area (Å²) in [5.41, 5.74) is 1.90. The average molecular weight is 290 g/mol. The van der Waals surface area contributed by atoms with E-state index in [1.54, 1.807) is 9.58 Å². The maximum atomic E-state index is 12.7. The highest BCUT2D eigenvalue weighted by molar-refractivity contribution is 5.80. The van der Waals surface area contributed by atoms with Crippen LogP contribution in [0.25, 0.3) is 0 Å². The third-order valence-electron chi connectivity index (χ3n) is 3.55. The summed E-state index contributed by atoms with van der Waals surface area (Å²) in [4.78, 5) is 14.5. The lowest BCUT2D eigenvalue weighted by Gasteiger charge is -2.26. The van der Waals surface area contributed by atoms with E-state index in [-0.39, 0.29) is 11.9 Å². The van der Waals surface area contributed by atoms with Gasteiger partial charge in [0.1, 0.15) is 6.04 Å². The van der Waals surface area contributed by atoms with Crippen molar-refractivity contribution in [3.8, 4) is 6.07 Å². The van der Waals surface area contributed by atoms with Gasteiger partial charge in [0.25, 0.3) is 0 Å². The van der Waals surface area contributed by atoms with Gasteiger partial charge in [-0.3, -0.25) is 9.48 Å². The number of amides is 1. The fourth-order valence-electron chi connectivity index (χ4n) is 2.34. The molecular weight excluding hydrogens is 264 g/mol. The summed E-state index contributed by atoms with van der Waals surface area (Å²) in [6.07, 6.45) is 1.31. The Labute approximate surface area is 127 Å². The van der Waals surface area contributed by atoms with Crippen LogP contribution >= 0.6 is 0 Å². The first kappa shape index (κ1) is 17.2. The molecule has 0 saturated carbocycles. The molecule has 0 aliphatic carbocycles. The zero-order valence-electron chi connectivity index (χ0n) is 13.8. The third kappa shape index (κ3) is 4.89. The van der Waals surface area contributed by atoms with E-state index < -0.39 is 0 Å². The van der Waals surface area contributed by atoms with Crippen LogP contribution in [0.3, 0.4) is 0 Å². The van der Waals surface area contributed by atoms with Crippen molar-refractivity contribution in [2.45, 2.75) is 53.5 Å². The van der Waals surface area contributed by atoms with Gasteiger partial charge in [-0.25, -0.2) is 0 Å². The van der Waals surface area contributed by atoms with Crippen LogP contribution in [0.4, 0.5) is 0 Å². The maximum absolute atomic E-state index is 12.7. The molecule has 0 N–H and O–H groups in total. The van der Waals surface area contributed by atoms with Crippen molar-refractivity contribution in [2.75, 3.05) is 13.1 Å². The molecule has 0 saturated heterocycles. The molecule has 21 heavy (non-hydrogen) atoms. The molecule has 116 valence electrons. The summed E-state index contributed by atoms with van der Waals surface area (Å²) in [5.74, 6) is 0.573. The summed E-state index contributed by atoms with van der Waals surface area (Å²) in [6, 6.07) is 3.76. The Kier molecular flexibility index (Phi) is 6.41. The van der Waals surface area contributed by atoms with E-state index in [1.165, 1.54) is 0 Å². The molecule has 1 aromatic rings. The highest BCUT2D eigenvalue weighted by Crippen LogP contribution is 2.15. The number of hydrogen-bond donors (Lipinski definition) is 0. The van der Waals surface area contributed by atoms with E-state index in [4.69, 9.17) is 5.26 Å². The number of hydrogen-bond acceptors (Lipinski definition) is 3. The molecule has 0 aromatic carbocycles. The van der Waals surface area contributed by atoms with Gasteiger partial charge in [-0.15, -0.1) is 0 Å². The van der Waals surface area contributed by atoms with Gasteiger partial charge in [-0.2, -0.15) is 10.4 Å². The highest BCUT2D eigenvalue weighted by Gasteiger charge is 2.23. The van der Waals surface area contributed by atoms with Crippen LogP contribution in [-0.4, -0.2) is 33.7 Å². The van der Waals surface area contributed by atoms with Crippen LogP contribution in [0.1, 0.15) is 51.0 Å². The smallest absolute Gasteiger partial charge is 0.247 e. The number of rotatable bonds is 7. The minimum absolute atomic E-state index is 0.0390. The van der Waals surface area contributed by atoms with E-state index in [1.807, 2.05) is 26.8 Å². The number of nitriles is 1. The molecule has 1 aromatic heterocycles. The number of carbonyl (C=O) groups excluding carboxylic acids is 1. The maximum Gasteiger partial charge on any atom is 0.247 e. The predicted octanol–water partition coefficient (Wildman–Crippen LogP) is 2.85. The Hall–Kier alpha value is -1.83. The van der Waals surface area contributed by atoms with Gasteiger partial charge < -0.3 is 4.90 Å². The van der Waals surface area contributed by atoms with Gasteiger partial charge >= 0.3 is 0 Å². The standard InChI is InChI=1S/C16H26N4O/c1-12(2)7-10-19(9-6-8-17)16(21)15(5)20-14(4)11-13(3)18-20/h11-12,15H,6-7,9-10H2,1-5H3/t15-/m1/s1. The Morgan fingerprint density at radius 1 is 1.38 bits per heavy atom. The van der Waals surface area contributed by atoms with Gasteiger partial charge in [-0.1, -0.05) is 13.8 Å². The number of aromatic nitrogens is 2. The lowest BCUT2D eigenvalue weighted by molar-refractivity contribution is -0.134. The quantitative estimate of drug-likeness (QED) is 0.775. The summed E-state index contributed by atoms with van der Waals surface area (Å²) < 4.78 is 1.77. The van der Waals surface area contributed by atoms with E-state index in [9.17, 15) is 4.79 Å². The number of carbonyl (C=O) groups is 1. The van der Waals surface area contributed by atoms with Gasteiger partial charge in [0.05, 0.1) is 18.2 Å². The van der Waals surface area contributed by atoms with Gasteiger partial charge in [0.2, 0.25) is 5.91 Å². The molecule has 0 aliphatic heterocycles. The van der Waals surface area contributed by atoms with E-state index in [0.717, 1.165) is 17.8 Å². The summed E-state index contributed by atoms with van der Waals surface area (Å²) in [7, 11) is 0. The Bertz CT molecular complexity index is 513. The molecule has 1 amide bonds. The zero-order chi connectivity index (χ0) is 16.0. The molecule has 0 aliphatic rings. The largest absolute Gasteiger partial charge is 0.340 e. The topological polar surface area (TPSA) is 61.9 Å². The molecule has 0 bridgehead atoms. The SMILES string of the molecule is Cc1cc(C)n([C@H](C)C(=O)N(CCC#N)CCC(C)C)n1. The molecule has 5 nitrogen and oxygen atoms in total. The van der Waals surface area contributed by atoms with Crippen molar-refractivity contribution >= 4 is 5.91 Å². The van der Waals surface area contributed by atoms with Gasteiger partial charge in [-0.05, 0) is 39.2 Å². The second-order valence-corrected chi connectivity index (χ2v) is 5.96. The first-order chi connectivity index (χ1) is 9.86. The second-order valence-electron chi connectivity index (χ2n) is 5.96. The van der Waals surface area contributed by atoms with Crippen molar-refractivity contribution in [1.82, 2.24) is 14.7 Å². The van der Waals surface area contributed by atoms with Crippen molar-refractivity contribution in [3.05, 3.63) is 17.5 Å². The molecule has 1 rings (SSSR count). The first-order valence-corrected chi connectivity index (χ1v) is 7.55. The minimum atomic E-state index is -0.329. The van der Waals surface area contributed by atoms with Crippen molar-refractivity contribution in [3.63, 3.8) is 0 Å². The van der Waals surface area contributed by atoms with Crippen LogP contribution in [-0.2, 0) is 4.79 Å². The highest BCUT2D eigenvalue weighted by atomic mass is 16.2. The summed E-state index contributed by atoms with van der Waals surface area (Å²) in [5, 5.41) is 13.2. The molecule has 1 heterocycles. The lowest BCUT2D eigenvalue weighted by atomic mass is 10.1. The number of aryl methyl sites for hydroxylation is 2. The molecular formula is C16H26N4O. The number of nitrogens with zero attached hydrogens (tertiary/aromatic N) is 4. The van der Waals surface area contributed by atoms with Crippen molar-refractivity contribution in [1.29, 1.82) is 5.26 Å². The van der Waals surface area contributed by atoms with Crippen LogP contribution in [0.15, 0.2) is 6.07 Å². The Morgan fingerprint density at radius 3 is 2.52 bits per heavy atom. The van der Waals surface area contributed by atoms with Crippen molar-refractivity contribution in [2.24, 2.45) is 5.92 Å².